The summed E-state index contributed by atoms with van der Waals surface area (Å²) >= 11 is 12.6. The summed E-state index contributed by atoms with van der Waals surface area (Å²) in [5, 5.41) is 26.4. The molecule has 0 radical (unpaired) electrons. The smallest absolute Gasteiger partial charge is 0.408 e. The Hall–Kier alpha value is 1.22. The van der Waals surface area contributed by atoms with Crippen LogP contribution in [0.2, 0.25) is 0 Å². The number of hydrogen-bond donors (Lipinski definition) is 4. The first-order valence-corrected chi connectivity index (χ1v) is 24.0. The number of carbonyl (C=O) groups is 2. The number of carbonyl (C=O) groups excluding carboxylic acids is 2. The van der Waals surface area contributed by atoms with Gasteiger partial charge in [-0.3, -0.25) is 9.79 Å². The lowest BCUT2D eigenvalue weighted by Gasteiger charge is -2.06. The van der Waals surface area contributed by atoms with Crippen molar-refractivity contribution in [2.75, 3.05) is 98.4 Å². The molecule has 0 saturated heterocycles. The van der Waals surface area contributed by atoms with Crippen LogP contribution >= 0.6 is 106 Å². The Morgan fingerprint density at radius 1 is 0.767 bits per heavy atom. The van der Waals surface area contributed by atoms with E-state index in [2.05, 4.69) is 20.6 Å². The van der Waals surface area contributed by atoms with Crippen LogP contribution in [0, 0.1) is 0 Å². The van der Waals surface area contributed by atoms with E-state index in [0.29, 0.717) is 36.3 Å². The van der Waals surface area contributed by atoms with Gasteiger partial charge in [0.05, 0.1) is 25.0 Å². The minimum absolute atomic E-state index is 0.0139. The summed E-state index contributed by atoms with van der Waals surface area (Å²) in [6.07, 6.45) is 0.778. The predicted octanol–water partition coefficient (Wildman–Crippen LogP) is 4.38. The summed E-state index contributed by atoms with van der Waals surface area (Å²) in [6.45, 7) is 2.39. The molecule has 0 aliphatic heterocycles. The van der Waals surface area contributed by atoms with Crippen molar-refractivity contribution in [2.24, 2.45) is 9.98 Å². The van der Waals surface area contributed by atoms with Crippen molar-refractivity contribution in [3.63, 3.8) is 0 Å². The highest BCUT2D eigenvalue weighted by Gasteiger charge is 2.05. The number of hydrogen-bond acceptors (Lipinski definition) is 19. The van der Waals surface area contributed by atoms with Crippen LogP contribution in [-0.4, -0.2) is 136 Å². The standard InChI is InChI=1S/C21H40N4O8S10/c26-11-38-13-31-20(28)24-3-7-36-16-35-6-2-23-10-43(30)19-41-17-40-18-42-21(29)25-4-8-37-15-34-5-1-22-9-32-33-14-39-12-27/h9-10,26-27H,1-8,11-19H2,(H,24,28)(H,25,29)/b22-9-,23-10-. The van der Waals surface area contributed by atoms with E-state index >= 15 is 0 Å². The van der Waals surface area contributed by atoms with Crippen molar-refractivity contribution in [1.29, 1.82) is 0 Å². The van der Waals surface area contributed by atoms with Crippen molar-refractivity contribution in [1.82, 2.24) is 10.6 Å². The number of rotatable bonds is 31. The average Bonchev–Trinajstić information content (AvgIpc) is 3.00. The topological polar surface area (TPSA) is 174 Å². The van der Waals surface area contributed by atoms with Crippen LogP contribution in [0.15, 0.2) is 9.98 Å². The van der Waals surface area contributed by atoms with Crippen molar-refractivity contribution >= 4 is 140 Å². The van der Waals surface area contributed by atoms with Gasteiger partial charge in [0.1, 0.15) is 11.9 Å². The molecule has 12 nitrogen and oxygen atoms in total. The maximum absolute atomic E-state index is 12.0. The second-order valence-corrected chi connectivity index (χ2v) is 19.1. The zero-order valence-electron chi connectivity index (χ0n) is 23.5. The van der Waals surface area contributed by atoms with Crippen LogP contribution in [0.5, 0.6) is 0 Å². The Morgan fingerprint density at radius 2 is 1.40 bits per heavy atom. The first kappa shape index (κ1) is 44.2. The molecule has 0 fully saturated rings. The SMILES string of the molecule is O=C(NCCSCSCC/N=C\[S+]([O-])CSCSCSC(=O)NCCSCSCC/N=C\OOCSCO)OCSCO. The molecular formula is C21H40N4O8S10. The first-order valence-electron chi connectivity index (χ1n) is 12.4. The fourth-order valence-corrected chi connectivity index (χ4v) is 10.6. The van der Waals surface area contributed by atoms with Gasteiger partial charge in [-0.05, 0) is 0 Å². The number of nitrogens with one attached hydrogen (secondary N) is 2. The third kappa shape index (κ3) is 37.6. The second-order valence-electron chi connectivity index (χ2n) is 6.87. The number of amides is 2. The Labute approximate surface area is 295 Å². The van der Waals surface area contributed by atoms with Gasteiger partial charge >= 0.3 is 6.09 Å². The normalized spacial score (nSPS) is 12.2. The zero-order chi connectivity index (χ0) is 31.5. The summed E-state index contributed by atoms with van der Waals surface area (Å²) in [7, 11) is 0. The quantitative estimate of drug-likeness (QED) is 0.0148. The molecule has 4 N–H and O–H groups in total. The Balaban J connectivity index is 3.39. The van der Waals surface area contributed by atoms with Crippen LogP contribution in [0.25, 0.3) is 0 Å². The maximum Gasteiger partial charge on any atom is 0.408 e. The average molecular weight is 797 g/mol. The molecule has 252 valence electrons. The van der Waals surface area contributed by atoms with E-state index in [0.717, 1.165) is 50.0 Å². The Bertz CT molecular complexity index is 710. The van der Waals surface area contributed by atoms with Gasteiger partial charge in [0.25, 0.3) is 5.24 Å². The molecule has 0 aliphatic carbocycles. The van der Waals surface area contributed by atoms with Crippen molar-refractivity contribution in [2.45, 2.75) is 0 Å². The highest BCUT2D eigenvalue weighted by Crippen LogP contribution is 2.19. The molecule has 0 saturated carbocycles. The second kappa shape index (κ2) is 37.7. The molecule has 0 bridgehead atoms. The molecule has 22 heteroatoms. The van der Waals surface area contributed by atoms with Gasteiger partial charge in [-0.25, -0.2) is 9.79 Å². The predicted molar refractivity (Wildman–Crippen MR) is 201 cm³/mol. The molecule has 43 heavy (non-hydrogen) atoms. The molecule has 1 atom stereocenters. The Kier molecular flexibility index (Phi) is 38.7. The van der Waals surface area contributed by atoms with Crippen LogP contribution in [0.3, 0.4) is 0 Å². The number of alkyl carbamates (subject to hydrolysis) is 1. The minimum atomic E-state index is -1.11. The lowest BCUT2D eigenvalue weighted by atomic mass is 10.7. The van der Waals surface area contributed by atoms with Crippen LogP contribution in [-0.2, 0) is 25.7 Å². The number of aliphatic hydroxyl groups is 2. The fraction of sp³-hybridized carbons (Fsp3) is 0.810. The number of thioether (sulfide) groups is 9. The molecule has 0 rings (SSSR count). The molecule has 0 aromatic carbocycles. The molecule has 0 heterocycles. The lowest BCUT2D eigenvalue weighted by molar-refractivity contribution is -0.196. The summed E-state index contributed by atoms with van der Waals surface area (Å²) in [5.74, 6) is 3.62. The lowest BCUT2D eigenvalue weighted by Crippen LogP contribution is -2.26. The highest BCUT2D eigenvalue weighted by atomic mass is 32.3. The number of aliphatic imine (C=N–C) groups is 2. The summed E-state index contributed by atoms with van der Waals surface area (Å²) in [6, 6.07) is 0. The number of ether oxygens (including phenoxy) is 1. The van der Waals surface area contributed by atoms with E-state index in [1.165, 1.54) is 35.5 Å². The van der Waals surface area contributed by atoms with E-state index < -0.39 is 17.3 Å². The molecule has 0 aromatic rings. The molecular weight excluding hydrogens is 757 g/mol. The van der Waals surface area contributed by atoms with Crippen molar-refractivity contribution < 1.29 is 38.9 Å². The summed E-state index contributed by atoms with van der Waals surface area (Å²) in [4.78, 5) is 40.9. The van der Waals surface area contributed by atoms with Crippen molar-refractivity contribution in [3.8, 4) is 0 Å². The molecule has 2 amide bonds. The molecule has 1 unspecified atom stereocenters. The molecule has 0 aromatic heterocycles. The van der Waals surface area contributed by atoms with Crippen LogP contribution in [0.4, 0.5) is 9.59 Å². The van der Waals surface area contributed by atoms with Gasteiger partial charge in [0.15, 0.2) is 5.08 Å². The summed E-state index contributed by atoms with van der Waals surface area (Å²) < 4.78 is 16.8. The van der Waals surface area contributed by atoms with E-state index in [1.54, 1.807) is 70.6 Å². The third-order valence-electron chi connectivity index (χ3n) is 3.70. The number of nitrogens with zero attached hydrogens (tertiary/aromatic N) is 2. The van der Waals surface area contributed by atoms with E-state index in [4.69, 9.17) is 24.7 Å². The van der Waals surface area contributed by atoms with Gasteiger partial charge < -0.3 is 35.0 Å². The van der Waals surface area contributed by atoms with Gasteiger partial charge in [0.2, 0.25) is 11.9 Å². The Morgan fingerprint density at radius 3 is 2.12 bits per heavy atom. The van der Waals surface area contributed by atoms with Crippen LogP contribution < -0.4 is 10.6 Å². The largest absolute Gasteiger partial charge is 0.610 e. The van der Waals surface area contributed by atoms with E-state index in [9.17, 15) is 14.1 Å². The maximum atomic E-state index is 12.0. The highest BCUT2D eigenvalue weighted by molar-refractivity contribution is 8.29. The molecule has 0 spiro atoms. The van der Waals surface area contributed by atoms with Crippen LogP contribution in [0.1, 0.15) is 0 Å². The third-order valence-corrected chi connectivity index (χ3v) is 14.1. The summed E-state index contributed by atoms with van der Waals surface area (Å²) in [5.41, 5.74) is 1.51. The van der Waals surface area contributed by atoms with Crippen molar-refractivity contribution in [3.05, 3.63) is 0 Å². The zero-order valence-corrected chi connectivity index (χ0v) is 31.7. The minimum Gasteiger partial charge on any atom is -0.610 e. The first-order chi connectivity index (χ1) is 21.1. The van der Waals surface area contributed by atoms with E-state index in [1.807, 2.05) is 0 Å². The van der Waals surface area contributed by atoms with Gasteiger partial charge in [-0.2, -0.15) is 4.89 Å². The van der Waals surface area contributed by atoms with Gasteiger partial charge in [-0.1, -0.05) is 35.3 Å². The number of aliphatic hydroxyl groups excluding tert-OH is 2. The molecule has 0 aliphatic rings. The van der Waals surface area contributed by atoms with E-state index in [-0.39, 0.29) is 29.0 Å². The van der Waals surface area contributed by atoms with Gasteiger partial charge in [-0.15, -0.1) is 70.6 Å². The monoisotopic (exact) mass is 796 g/mol. The fourth-order valence-electron chi connectivity index (χ4n) is 1.96. The van der Waals surface area contributed by atoms with Gasteiger partial charge in [0, 0.05) is 67.6 Å².